The van der Waals surface area contributed by atoms with Crippen molar-refractivity contribution in [3.05, 3.63) is 36.7 Å². The summed E-state index contributed by atoms with van der Waals surface area (Å²) >= 11 is 0. The van der Waals surface area contributed by atoms with E-state index in [-0.39, 0.29) is 16.5 Å². The molecule has 0 aliphatic heterocycles. The molecule has 0 saturated heterocycles. The summed E-state index contributed by atoms with van der Waals surface area (Å²) < 4.78 is 67.6. The number of urea groups is 1. The van der Waals surface area contributed by atoms with E-state index in [1.165, 1.54) is 31.6 Å². The number of anilines is 2. The van der Waals surface area contributed by atoms with E-state index in [0.717, 1.165) is 12.1 Å². The van der Waals surface area contributed by atoms with E-state index in [9.17, 15) is 26.4 Å². The number of aromatic nitrogens is 2. The zero-order valence-electron chi connectivity index (χ0n) is 13.7. The Labute approximate surface area is 152 Å². The SMILES string of the molecule is COc1cnc(NS(=O)(=O)c2ccc(NC(=O)NCC(F)(F)F)cc2)nc1. The van der Waals surface area contributed by atoms with Gasteiger partial charge in [-0.05, 0) is 24.3 Å². The number of methoxy groups -OCH3 is 1. The van der Waals surface area contributed by atoms with Gasteiger partial charge in [0.05, 0.1) is 24.4 Å². The minimum absolute atomic E-state index is 0.106. The van der Waals surface area contributed by atoms with Gasteiger partial charge in [-0.25, -0.2) is 27.9 Å². The summed E-state index contributed by atoms with van der Waals surface area (Å²) in [5.41, 5.74) is 0.106. The first-order valence-electron chi connectivity index (χ1n) is 7.19. The predicted octanol–water partition coefficient (Wildman–Crippen LogP) is 1.97. The first kappa shape index (κ1) is 20.2. The topological polar surface area (TPSA) is 122 Å². The van der Waals surface area contributed by atoms with Gasteiger partial charge in [-0.15, -0.1) is 0 Å². The number of carbonyl (C=O) groups is 1. The lowest BCUT2D eigenvalue weighted by Crippen LogP contribution is -2.36. The van der Waals surface area contributed by atoms with E-state index in [0.29, 0.717) is 5.75 Å². The Morgan fingerprint density at radius 2 is 1.74 bits per heavy atom. The van der Waals surface area contributed by atoms with Crippen LogP contribution in [-0.4, -0.2) is 44.2 Å². The van der Waals surface area contributed by atoms with Crippen LogP contribution in [0, 0.1) is 0 Å². The number of sulfonamides is 1. The van der Waals surface area contributed by atoms with Crippen LogP contribution in [0.3, 0.4) is 0 Å². The van der Waals surface area contributed by atoms with Gasteiger partial charge >= 0.3 is 12.2 Å². The zero-order valence-corrected chi connectivity index (χ0v) is 14.6. The first-order chi connectivity index (χ1) is 12.6. The van der Waals surface area contributed by atoms with Crippen molar-refractivity contribution in [1.82, 2.24) is 15.3 Å². The first-order valence-corrected chi connectivity index (χ1v) is 8.68. The fraction of sp³-hybridized carbons (Fsp3) is 0.214. The third-order valence-electron chi connectivity index (χ3n) is 2.96. The highest BCUT2D eigenvalue weighted by atomic mass is 32.2. The summed E-state index contributed by atoms with van der Waals surface area (Å²) in [7, 11) is -2.60. The highest BCUT2D eigenvalue weighted by Gasteiger charge is 2.27. The summed E-state index contributed by atoms with van der Waals surface area (Å²) in [4.78, 5) is 18.7. The van der Waals surface area contributed by atoms with E-state index >= 15 is 0 Å². The van der Waals surface area contributed by atoms with Crippen molar-refractivity contribution in [3.8, 4) is 5.75 Å². The lowest BCUT2D eigenvalue weighted by Gasteiger charge is -2.10. The Morgan fingerprint density at radius 1 is 1.15 bits per heavy atom. The maximum atomic E-state index is 12.3. The van der Waals surface area contributed by atoms with E-state index < -0.39 is 28.8 Å². The second-order valence-corrected chi connectivity index (χ2v) is 6.68. The lowest BCUT2D eigenvalue weighted by molar-refractivity contribution is -0.122. The number of halogens is 3. The molecule has 0 radical (unpaired) electrons. The van der Waals surface area contributed by atoms with Gasteiger partial charge in [-0.1, -0.05) is 0 Å². The molecule has 9 nitrogen and oxygen atoms in total. The predicted molar refractivity (Wildman–Crippen MR) is 88.9 cm³/mol. The number of ether oxygens (including phenoxy) is 1. The molecule has 1 aromatic carbocycles. The van der Waals surface area contributed by atoms with E-state index in [2.05, 4.69) is 20.0 Å². The molecule has 0 atom stereocenters. The minimum Gasteiger partial charge on any atom is -0.494 e. The molecule has 1 aromatic heterocycles. The van der Waals surface area contributed by atoms with Crippen LogP contribution in [0.1, 0.15) is 0 Å². The third kappa shape index (κ3) is 6.29. The minimum atomic E-state index is -4.54. The molecule has 0 fully saturated rings. The molecule has 0 aliphatic carbocycles. The number of hydrogen-bond acceptors (Lipinski definition) is 6. The standard InChI is InChI=1S/C14H14F3N5O4S/c1-26-10-6-18-12(19-7-10)22-27(24,25)11-4-2-9(3-5-11)21-13(23)20-8-14(15,16)17/h2-7H,8H2,1H3,(H,18,19,22)(H2,20,21,23). The van der Waals surface area contributed by atoms with Crippen LogP contribution in [0.4, 0.5) is 29.6 Å². The lowest BCUT2D eigenvalue weighted by atomic mass is 10.3. The highest BCUT2D eigenvalue weighted by Crippen LogP contribution is 2.17. The molecule has 2 amide bonds. The normalized spacial score (nSPS) is 11.6. The Hall–Kier alpha value is -3.09. The van der Waals surface area contributed by atoms with Crippen LogP contribution < -0.4 is 20.1 Å². The smallest absolute Gasteiger partial charge is 0.405 e. The number of rotatable bonds is 6. The summed E-state index contributed by atoms with van der Waals surface area (Å²) in [5.74, 6) is 0.168. The molecule has 2 rings (SSSR count). The van der Waals surface area contributed by atoms with Gasteiger partial charge in [-0.2, -0.15) is 13.2 Å². The van der Waals surface area contributed by atoms with E-state index in [1.54, 1.807) is 5.32 Å². The molecule has 3 N–H and O–H groups in total. The van der Waals surface area contributed by atoms with E-state index in [4.69, 9.17) is 4.74 Å². The number of alkyl halides is 3. The highest BCUT2D eigenvalue weighted by molar-refractivity contribution is 7.92. The maximum Gasteiger partial charge on any atom is 0.405 e. The van der Waals surface area contributed by atoms with Gasteiger partial charge in [0.15, 0.2) is 5.75 Å². The number of nitrogens with one attached hydrogen (secondary N) is 3. The van der Waals surface area contributed by atoms with Crippen LogP contribution in [0.2, 0.25) is 0 Å². The van der Waals surface area contributed by atoms with Crippen LogP contribution >= 0.6 is 0 Å². The summed E-state index contributed by atoms with van der Waals surface area (Å²) in [6.45, 7) is -1.49. The monoisotopic (exact) mass is 405 g/mol. The molecule has 2 aromatic rings. The molecule has 1 heterocycles. The second-order valence-electron chi connectivity index (χ2n) is 5.00. The molecule has 0 unspecified atom stereocenters. The number of amides is 2. The average Bonchev–Trinajstić information content (AvgIpc) is 2.60. The van der Waals surface area contributed by atoms with Crippen LogP contribution in [-0.2, 0) is 10.0 Å². The van der Waals surface area contributed by atoms with Gasteiger partial charge in [-0.3, -0.25) is 0 Å². The van der Waals surface area contributed by atoms with Gasteiger partial charge in [0.1, 0.15) is 6.54 Å². The van der Waals surface area contributed by atoms with Crippen LogP contribution in [0.15, 0.2) is 41.6 Å². The van der Waals surface area contributed by atoms with Crippen molar-refractivity contribution >= 4 is 27.7 Å². The number of carbonyl (C=O) groups excluding carboxylic acids is 1. The van der Waals surface area contributed by atoms with E-state index in [1.807, 2.05) is 0 Å². The van der Waals surface area contributed by atoms with Crippen molar-refractivity contribution in [3.63, 3.8) is 0 Å². The Kier molecular flexibility index (Phi) is 6.05. The zero-order chi connectivity index (χ0) is 20.1. The van der Waals surface area contributed by atoms with Gasteiger partial charge in [0.2, 0.25) is 5.95 Å². The number of nitrogens with zero attached hydrogens (tertiary/aromatic N) is 2. The largest absolute Gasteiger partial charge is 0.494 e. The molecule has 27 heavy (non-hydrogen) atoms. The molecule has 13 heteroatoms. The molecule has 0 aliphatic rings. The second kappa shape index (κ2) is 8.07. The fourth-order valence-corrected chi connectivity index (χ4v) is 2.68. The summed E-state index contributed by atoms with van der Waals surface area (Å²) in [5, 5.41) is 3.78. The van der Waals surface area contributed by atoms with Crippen LogP contribution in [0.25, 0.3) is 0 Å². The molecule has 0 spiro atoms. The van der Waals surface area contributed by atoms with Gasteiger partial charge in [0, 0.05) is 5.69 Å². The van der Waals surface area contributed by atoms with Crippen molar-refractivity contribution in [1.29, 1.82) is 0 Å². The van der Waals surface area contributed by atoms with Crippen molar-refractivity contribution in [2.45, 2.75) is 11.1 Å². The average molecular weight is 405 g/mol. The summed E-state index contributed by atoms with van der Waals surface area (Å²) in [6, 6.07) is 3.68. The Morgan fingerprint density at radius 3 is 2.26 bits per heavy atom. The number of hydrogen-bond donors (Lipinski definition) is 3. The molecule has 0 bridgehead atoms. The van der Waals surface area contributed by atoms with Gasteiger partial charge in [0.25, 0.3) is 10.0 Å². The van der Waals surface area contributed by atoms with Crippen molar-refractivity contribution in [2.75, 3.05) is 23.7 Å². The molecular formula is C14H14F3N5O4S. The Bertz CT molecular complexity index is 886. The van der Waals surface area contributed by atoms with Crippen molar-refractivity contribution < 1.29 is 31.1 Å². The maximum absolute atomic E-state index is 12.3. The van der Waals surface area contributed by atoms with Crippen LogP contribution in [0.5, 0.6) is 5.75 Å². The van der Waals surface area contributed by atoms with Gasteiger partial charge < -0.3 is 15.4 Å². The fourth-order valence-electron chi connectivity index (χ4n) is 1.73. The van der Waals surface area contributed by atoms with Crippen molar-refractivity contribution in [2.24, 2.45) is 0 Å². The third-order valence-corrected chi connectivity index (χ3v) is 4.31. The molecular weight excluding hydrogens is 391 g/mol. The Balaban J connectivity index is 2.01. The molecule has 0 saturated carbocycles. The summed E-state index contributed by atoms with van der Waals surface area (Å²) in [6.07, 6.45) is -1.99. The molecule has 146 valence electrons. The quantitative estimate of drug-likeness (QED) is 0.675. The number of benzene rings is 1.